The maximum atomic E-state index is 12.4. The largest absolute Gasteiger partial charge is 0.493 e. The van der Waals surface area contributed by atoms with E-state index in [1.807, 2.05) is 25.1 Å². The number of ether oxygens (including phenoxy) is 2. The molecule has 34 heavy (non-hydrogen) atoms. The number of carbonyl (C=O) groups is 3. The molecule has 0 radical (unpaired) electrons. The van der Waals surface area contributed by atoms with E-state index in [0.717, 1.165) is 10.0 Å². The molecule has 0 unspecified atom stereocenters. The highest BCUT2D eigenvalue weighted by molar-refractivity contribution is 9.10. The summed E-state index contributed by atoms with van der Waals surface area (Å²) in [5.74, 6) is -0.794. The SMILES string of the molecule is COc1cc(/C=N\NC(=O)CNC(=O)c2ccc(C)cc2)ccc1OC(=O)c1cccc(Br)c1. The van der Waals surface area contributed by atoms with Gasteiger partial charge >= 0.3 is 5.97 Å². The summed E-state index contributed by atoms with van der Waals surface area (Å²) in [4.78, 5) is 36.4. The molecule has 0 aliphatic heterocycles. The van der Waals surface area contributed by atoms with Crippen LogP contribution < -0.4 is 20.2 Å². The molecule has 0 atom stereocenters. The first-order valence-corrected chi connectivity index (χ1v) is 11.0. The molecule has 0 fully saturated rings. The fraction of sp³-hybridized carbons (Fsp3) is 0.120. The predicted octanol–water partition coefficient (Wildman–Crippen LogP) is 3.87. The number of methoxy groups -OCH3 is 1. The zero-order chi connectivity index (χ0) is 24.5. The Balaban J connectivity index is 1.54. The van der Waals surface area contributed by atoms with Crippen LogP contribution >= 0.6 is 15.9 Å². The van der Waals surface area contributed by atoms with Crippen molar-refractivity contribution in [2.45, 2.75) is 6.92 Å². The van der Waals surface area contributed by atoms with E-state index < -0.39 is 11.9 Å². The molecule has 0 aromatic heterocycles. The van der Waals surface area contributed by atoms with Gasteiger partial charge in [0.05, 0.1) is 25.4 Å². The van der Waals surface area contributed by atoms with Gasteiger partial charge in [-0.2, -0.15) is 5.10 Å². The number of hydrogen-bond acceptors (Lipinski definition) is 6. The van der Waals surface area contributed by atoms with E-state index in [9.17, 15) is 14.4 Å². The van der Waals surface area contributed by atoms with Gasteiger partial charge in [-0.3, -0.25) is 9.59 Å². The molecule has 2 amide bonds. The first-order valence-electron chi connectivity index (χ1n) is 10.2. The van der Waals surface area contributed by atoms with Crippen LogP contribution in [0.25, 0.3) is 0 Å². The lowest BCUT2D eigenvalue weighted by Gasteiger charge is -2.10. The highest BCUT2D eigenvalue weighted by Gasteiger charge is 2.13. The average Bonchev–Trinajstić information content (AvgIpc) is 2.83. The van der Waals surface area contributed by atoms with E-state index >= 15 is 0 Å². The Labute approximate surface area is 205 Å². The Morgan fingerprint density at radius 2 is 1.74 bits per heavy atom. The second-order valence-electron chi connectivity index (χ2n) is 7.15. The van der Waals surface area contributed by atoms with Gasteiger partial charge in [0.25, 0.3) is 11.8 Å². The molecule has 3 aromatic rings. The topological polar surface area (TPSA) is 106 Å². The monoisotopic (exact) mass is 523 g/mol. The Morgan fingerprint density at radius 1 is 0.971 bits per heavy atom. The maximum absolute atomic E-state index is 12.4. The molecule has 0 bridgehead atoms. The van der Waals surface area contributed by atoms with Gasteiger partial charge in [0.2, 0.25) is 0 Å². The summed E-state index contributed by atoms with van der Waals surface area (Å²) in [6.45, 7) is 1.70. The van der Waals surface area contributed by atoms with Crippen LogP contribution in [0.15, 0.2) is 76.3 Å². The van der Waals surface area contributed by atoms with Gasteiger partial charge in [0, 0.05) is 10.0 Å². The molecule has 3 rings (SSSR count). The summed E-state index contributed by atoms with van der Waals surface area (Å²) in [7, 11) is 1.45. The molecule has 0 spiro atoms. The van der Waals surface area contributed by atoms with Crippen molar-refractivity contribution in [2.24, 2.45) is 5.10 Å². The summed E-state index contributed by atoms with van der Waals surface area (Å²) in [5, 5.41) is 6.41. The standard InChI is InChI=1S/C25H22BrN3O5/c1-16-6-9-18(10-7-16)24(31)27-15-23(30)29-28-14-17-8-11-21(22(12-17)33-2)34-25(32)19-4-3-5-20(26)13-19/h3-14H,15H2,1-2H3,(H,27,31)(H,29,30)/b28-14-. The number of nitrogens with zero attached hydrogens (tertiary/aromatic N) is 1. The van der Waals surface area contributed by atoms with Crippen molar-refractivity contribution < 1.29 is 23.9 Å². The number of hydrogen-bond donors (Lipinski definition) is 2. The minimum Gasteiger partial charge on any atom is -0.493 e. The zero-order valence-electron chi connectivity index (χ0n) is 18.5. The van der Waals surface area contributed by atoms with Crippen LogP contribution in [0.2, 0.25) is 0 Å². The molecule has 0 aliphatic carbocycles. The first-order chi connectivity index (χ1) is 16.4. The van der Waals surface area contributed by atoms with Gasteiger partial charge in [-0.05, 0) is 61.0 Å². The van der Waals surface area contributed by atoms with E-state index in [4.69, 9.17) is 9.47 Å². The highest BCUT2D eigenvalue weighted by atomic mass is 79.9. The summed E-state index contributed by atoms with van der Waals surface area (Å²) >= 11 is 3.32. The van der Waals surface area contributed by atoms with Crippen LogP contribution in [-0.2, 0) is 4.79 Å². The van der Waals surface area contributed by atoms with Crippen molar-refractivity contribution in [1.29, 1.82) is 0 Å². The van der Waals surface area contributed by atoms with Crippen molar-refractivity contribution in [2.75, 3.05) is 13.7 Å². The molecule has 0 heterocycles. The second kappa shape index (κ2) is 11.8. The van der Waals surface area contributed by atoms with E-state index in [-0.39, 0.29) is 18.2 Å². The Hall–Kier alpha value is -3.98. The van der Waals surface area contributed by atoms with Gasteiger partial charge in [-0.25, -0.2) is 10.2 Å². The van der Waals surface area contributed by atoms with E-state index in [0.29, 0.717) is 22.4 Å². The third-order valence-corrected chi connectivity index (χ3v) is 5.07. The van der Waals surface area contributed by atoms with Crippen molar-refractivity contribution in [1.82, 2.24) is 10.7 Å². The van der Waals surface area contributed by atoms with Crippen molar-refractivity contribution >= 4 is 39.9 Å². The molecule has 0 saturated carbocycles. The molecule has 0 aliphatic rings. The van der Waals surface area contributed by atoms with Crippen LogP contribution in [0, 0.1) is 6.92 Å². The third kappa shape index (κ3) is 7.01. The van der Waals surface area contributed by atoms with E-state index in [1.165, 1.54) is 13.3 Å². The number of rotatable bonds is 8. The van der Waals surface area contributed by atoms with Gasteiger partial charge in [0.15, 0.2) is 11.5 Å². The summed E-state index contributed by atoms with van der Waals surface area (Å²) in [5.41, 5.74) is 4.84. The normalized spacial score (nSPS) is 10.6. The maximum Gasteiger partial charge on any atom is 0.343 e. The number of carbonyl (C=O) groups excluding carboxylic acids is 3. The van der Waals surface area contributed by atoms with Crippen molar-refractivity contribution in [3.05, 3.63) is 93.5 Å². The molecule has 9 heteroatoms. The number of nitrogens with one attached hydrogen (secondary N) is 2. The molecule has 8 nitrogen and oxygen atoms in total. The number of hydrazone groups is 1. The summed E-state index contributed by atoms with van der Waals surface area (Å²) < 4.78 is 11.5. The van der Waals surface area contributed by atoms with Gasteiger partial charge in [0.1, 0.15) is 0 Å². The lowest BCUT2D eigenvalue weighted by atomic mass is 10.1. The smallest absolute Gasteiger partial charge is 0.343 e. The molecular formula is C25H22BrN3O5. The number of halogens is 1. The van der Waals surface area contributed by atoms with Crippen LogP contribution in [0.5, 0.6) is 11.5 Å². The second-order valence-corrected chi connectivity index (χ2v) is 8.07. The van der Waals surface area contributed by atoms with Crippen LogP contribution in [0.4, 0.5) is 0 Å². The van der Waals surface area contributed by atoms with Gasteiger partial charge < -0.3 is 14.8 Å². The molecule has 174 valence electrons. The summed E-state index contributed by atoms with van der Waals surface area (Å²) in [6.07, 6.45) is 1.40. The minimum absolute atomic E-state index is 0.224. The number of aryl methyl sites for hydroxylation is 1. The van der Waals surface area contributed by atoms with Gasteiger partial charge in [-0.15, -0.1) is 0 Å². The predicted molar refractivity (Wildman–Crippen MR) is 131 cm³/mol. The zero-order valence-corrected chi connectivity index (χ0v) is 20.1. The van der Waals surface area contributed by atoms with Crippen LogP contribution in [0.1, 0.15) is 31.8 Å². The summed E-state index contributed by atoms with van der Waals surface area (Å²) in [6, 6.07) is 18.7. The van der Waals surface area contributed by atoms with Crippen molar-refractivity contribution in [3.63, 3.8) is 0 Å². The van der Waals surface area contributed by atoms with Crippen LogP contribution in [0.3, 0.4) is 0 Å². The lowest BCUT2D eigenvalue weighted by molar-refractivity contribution is -0.120. The fourth-order valence-electron chi connectivity index (χ4n) is 2.81. The Bertz CT molecular complexity index is 1230. The van der Waals surface area contributed by atoms with Gasteiger partial charge in [-0.1, -0.05) is 39.7 Å². The third-order valence-electron chi connectivity index (χ3n) is 4.58. The Morgan fingerprint density at radius 3 is 2.44 bits per heavy atom. The highest BCUT2D eigenvalue weighted by Crippen LogP contribution is 2.28. The Kier molecular flexibility index (Phi) is 8.53. The number of amides is 2. The minimum atomic E-state index is -0.527. The fourth-order valence-corrected chi connectivity index (χ4v) is 3.21. The first kappa shape index (κ1) is 24.7. The van der Waals surface area contributed by atoms with E-state index in [1.54, 1.807) is 48.5 Å². The number of esters is 1. The number of benzene rings is 3. The molecule has 3 aromatic carbocycles. The molecule has 2 N–H and O–H groups in total. The molecular weight excluding hydrogens is 502 g/mol. The molecule has 0 saturated heterocycles. The lowest BCUT2D eigenvalue weighted by Crippen LogP contribution is -2.34. The van der Waals surface area contributed by atoms with E-state index in [2.05, 4.69) is 31.8 Å². The average molecular weight is 524 g/mol. The quantitative estimate of drug-likeness (QED) is 0.202. The van der Waals surface area contributed by atoms with Crippen LogP contribution in [-0.4, -0.2) is 37.7 Å². The van der Waals surface area contributed by atoms with Crippen molar-refractivity contribution in [3.8, 4) is 11.5 Å².